The topological polar surface area (TPSA) is 74.8 Å². The van der Waals surface area contributed by atoms with Crippen molar-refractivity contribution < 1.29 is 14.3 Å². The summed E-state index contributed by atoms with van der Waals surface area (Å²) in [6.07, 6.45) is 1.50. The quantitative estimate of drug-likeness (QED) is 0.831. The molecule has 2 aromatic rings. The van der Waals surface area contributed by atoms with Gasteiger partial charge < -0.3 is 19.9 Å². The van der Waals surface area contributed by atoms with Crippen LogP contribution in [0.15, 0.2) is 42.6 Å². The first-order chi connectivity index (χ1) is 13.6. The summed E-state index contributed by atoms with van der Waals surface area (Å²) >= 11 is 0. The van der Waals surface area contributed by atoms with Gasteiger partial charge in [0.25, 0.3) is 11.8 Å². The Hall–Kier alpha value is -2.93. The second kappa shape index (κ2) is 9.32. The highest BCUT2D eigenvalue weighted by Gasteiger charge is 2.18. The minimum absolute atomic E-state index is 0.173. The fraction of sp³-hybridized carbons (Fsp3) is 0.381. The van der Waals surface area contributed by atoms with Crippen LogP contribution in [0.5, 0.6) is 0 Å². The Morgan fingerprint density at radius 1 is 1.14 bits per heavy atom. The summed E-state index contributed by atoms with van der Waals surface area (Å²) in [5.74, 6) is -0.440. The van der Waals surface area contributed by atoms with E-state index in [2.05, 4.69) is 15.2 Å². The first-order valence-corrected chi connectivity index (χ1v) is 9.62. The average molecular weight is 382 g/mol. The van der Waals surface area contributed by atoms with Gasteiger partial charge in [0.2, 0.25) is 0 Å². The van der Waals surface area contributed by atoms with Gasteiger partial charge in [-0.05, 0) is 38.1 Å². The van der Waals surface area contributed by atoms with E-state index >= 15 is 0 Å². The van der Waals surface area contributed by atoms with Crippen molar-refractivity contribution in [2.45, 2.75) is 13.8 Å². The third-order valence-corrected chi connectivity index (χ3v) is 4.80. The van der Waals surface area contributed by atoms with Gasteiger partial charge in [0, 0.05) is 37.9 Å². The summed E-state index contributed by atoms with van der Waals surface area (Å²) in [6, 6.07) is 10.9. The Balaban J connectivity index is 1.79. The minimum atomic E-state index is -0.267. The van der Waals surface area contributed by atoms with E-state index in [1.54, 1.807) is 17.0 Å². The van der Waals surface area contributed by atoms with Gasteiger partial charge in [-0.25, -0.2) is 0 Å². The molecular formula is C21H26N4O3. The smallest absolute Gasteiger partial charge is 0.272 e. The number of benzene rings is 1. The van der Waals surface area contributed by atoms with E-state index in [9.17, 15) is 9.59 Å². The lowest BCUT2D eigenvalue weighted by Crippen LogP contribution is -2.36. The van der Waals surface area contributed by atoms with E-state index in [0.29, 0.717) is 31.9 Å². The van der Waals surface area contributed by atoms with E-state index in [-0.39, 0.29) is 17.5 Å². The van der Waals surface area contributed by atoms with Gasteiger partial charge >= 0.3 is 0 Å². The molecule has 1 aliphatic rings. The molecule has 7 nitrogen and oxygen atoms in total. The molecule has 1 saturated heterocycles. The van der Waals surface area contributed by atoms with Crippen molar-refractivity contribution in [2.24, 2.45) is 0 Å². The normalized spacial score (nSPS) is 13.9. The van der Waals surface area contributed by atoms with E-state index < -0.39 is 0 Å². The molecule has 0 saturated carbocycles. The lowest BCUT2D eigenvalue weighted by Gasteiger charge is -2.30. The van der Waals surface area contributed by atoms with Gasteiger partial charge in [0.05, 0.1) is 24.6 Å². The molecule has 2 amide bonds. The molecular weight excluding hydrogens is 356 g/mol. The van der Waals surface area contributed by atoms with E-state index in [4.69, 9.17) is 4.74 Å². The number of morpholine rings is 1. The van der Waals surface area contributed by atoms with Crippen LogP contribution >= 0.6 is 0 Å². The van der Waals surface area contributed by atoms with Crippen molar-refractivity contribution in [1.82, 2.24) is 9.88 Å². The fourth-order valence-corrected chi connectivity index (χ4v) is 3.22. The van der Waals surface area contributed by atoms with Crippen molar-refractivity contribution in [3.8, 4) is 0 Å². The van der Waals surface area contributed by atoms with Crippen LogP contribution in [0.3, 0.4) is 0 Å². The fourth-order valence-electron chi connectivity index (χ4n) is 3.22. The minimum Gasteiger partial charge on any atom is -0.378 e. The highest BCUT2D eigenvalue weighted by Crippen LogP contribution is 2.26. The van der Waals surface area contributed by atoms with Crippen LogP contribution in [-0.2, 0) is 4.74 Å². The van der Waals surface area contributed by atoms with Gasteiger partial charge in [-0.3, -0.25) is 14.6 Å². The average Bonchev–Trinajstić information content (AvgIpc) is 2.75. The SMILES string of the molecule is CCN(CC)C(=O)c1cc(C(=O)Nc2ccccc2N2CCOCC2)ccn1. The largest absolute Gasteiger partial charge is 0.378 e. The van der Waals surface area contributed by atoms with E-state index in [1.165, 1.54) is 6.20 Å². The summed E-state index contributed by atoms with van der Waals surface area (Å²) in [5.41, 5.74) is 2.38. The summed E-state index contributed by atoms with van der Waals surface area (Å²) < 4.78 is 5.41. The van der Waals surface area contributed by atoms with Crippen LogP contribution in [0.1, 0.15) is 34.7 Å². The summed E-state index contributed by atoms with van der Waals surface area (Å²) in [6.45, 7) is 7.93. The van der Waals surface area contributed by atoms with Crippen molar-refractivity contribution in [2.75, 3.05) is 49.6 Å². The number of hydrogen-bond acceptors (Lipinski definition) is 5. The Labute approximate surface area is 165 Å². The Kier molecular flexibility index (Phi) is 6.60. The molecule has 0 radical (unpaired) electrons. The molecule has 0 atom stereocenters. The number of para-hydroxylation sites is 2. The maximum atomic E-state index is 12.8. The molecule has 0 unspecified atom stereocenters. The lowest BCUT2D eigenvalue weighted by molar-refractivity contribution is 0.0767. The molecule has 0 spiro atoms. The molecule has 1 fully saturated rings. The number of pyridine rings is 1. The van der Waals surface area contributed by atoms with Crippen molar-refractivity contribution in [1.29, 1.82) is 0 Å². The van der Waals surface area contributed by atoms with Crippen LogP contribution in [0.25, 0.3) is 0 Å². The number of aromatic nitrogens is 1. The van der Waals surface area contributed by atoms with Crippen LogP contribution in [0.2, 0.25) is 0 Å². The van der Waals surface area contributed by atoms with Crippen molar-refractivity contribution in [3.63, 3.8) is 0 Å². The number of ether oxygens (including phenoxy) is 1. The van der Waals surface area contributed by atoms with Crippen molar-refractivity contribution >= 4 is 23.2 Å². The number of hydrogen-bond donors (Lipinski definition) is 1. The molecule has 1 N–H and O–H groups in total. The number of nitrogens with zero attached hydrogens (tertiary/aromatic N) is 3. The third-order valence-electron chi connectivity index (χ3n) is 4.80. The maximum Gasteiger partial charge on any atom is 0.272 e. The number of carbonyl (C=O) groups excluding carboxylic acids is 2. The molecule has 0 bridgehead atoms. The van der Waals surface area contributed by atoms with Gasteiger partial charge in [-0.15, -0.1) is 0 Å². The Bertz CT molecular complexity index is 830. The predicted molar refractivity (Wildman–Crippen MR) is 109 cm³/mol. The van der Waals surface area contributed by atoms with Crippen molar-refractivity contribution in [3.05, 3.63) is 53.9 Å². The van der Waals surface area contributed by atoms with Gasteiger partial charge in [0.15, 0.2) is 0 Å². The Morgan fingerprint density at radius 2 is 1.86 bits per heavy atom. The molecule has 1 aromatic carbocycles. The number of anilines is 2. The summed E-state index contributed by atoms with van der Waals surface area (Å²) in [4.78, 5) is 33.4. The Morgan fingerprint density at radius 3 is 2.57 bits per heavy atom. The first-order valence-electron chi connectivity index (χ1n) is 9.62. The van der Waals surface area contributed by atoms with E-state index in [0.717, 1.165) is 24.5 Å². The van der Waals surface area contributed by atoms with Crippen LogP contribution in [0.4, 0.5) is 11.4 Å². The number of carbonyl (C=O) groups is 2. The predicted octanol–water partition coefficient (Wildman–Crippen LogP) is 2.65. The highest BCUT2D eigenvalue weighted by molar-refractivity contribution is 6.07. The molecule has 2 heterocycles. The molecule has 1 aliphatic heterocycles. The summed E-state index contributed by atoms with van der Waals surface area (Å²) in [5, 5.41) is 2.97. The molecule has 28 heavy (non-hydrogen) atoms. The third kappa shape index (κ3) is 4.48. The molecule has 1 aromatic heterocycles. The van der Waals surface area contributed by atoms with Gasteiger partial charge in [-0.1, -0.05) is 12.1 Å². The number of nitrogens with one attached hydrogen (secondary N) is 1. The number of rotatable bonds is 6. The van der Waals surface area contributed by atoms with Gasteiger partial charge in [0.1, 0.15) is 5.69 Å². The van der Waals surface area contributed by atoms with E-state index in [1.807, 2.05) is 38.1 Å². The first kappa shape index (κ1) is 19.8. The molecule has 7 heteroatoms. The van der Waals surface area contributed by atoms with Gasteiger partial charge in [-0.2, -0.15) is 0 Å². The zero-order valence-corrected chi connectivity index (χ0v) is 16.4. The maximum absolute atomic E-state index is 12.8. The van der Waals surface area contributed by atoms with Crippen LogP contribution < -0.4 is 10.2 Å². The highest BCUT2D eigenvalue weighted by atomic mass is 16.5. The zero-order valence-electron chi connectivity index (χ0n) is 16.4. The number of amides is 2. The standard InChI is InChI=1S/C21H26N4O3/c1-3-24(4-2)21(27)18-15-16(9-10-22-18)20(26)23-17-7-5-6-8-19(17)25-11-13-28-14-12-25/h5-10,15H,3-4,11-14H2,1-2H3,(H,23,26). The monoisotopic (exact) mass is 382 g/mol. The molecule has 0 aliphatic carbocycles. The zero-order chi connectivity index (χ0) is 19.9. The second-order valence-electron chi connectivity index (χ2n) is 6.48. The lowest BCUT2D eigenvalue weighted by atomic mass is 10.1. The molecule has 148 valence electrons. The summed E-state index contributed by atoms with van der Waals surface area (Å²) in [7, 11) is 0. The molecule has 3 rings (SSSR count). The van der Waals surface area contributed by atoms with Crippen LogP contribution in [0, 0.1) is 0 Å². The second-order valence-corrected chi connectivity index (χ2v) is 6.48. The van der Waals surface area contributed by atoms with Crippen LogP contribution in [-0.4, -0.2) is 61.1 Å².